The number of hydrogen-bond donors (Lipinski definition) is 2. The van der Waals surface area contributed by atoms with E-state index in [-0.39, 0.29) is 30.1 Å². The van der Waals surface area contributed by atoms with Gasteiger partial charge in [0.2, 0.25) is 6.43 Å². The molecule has 0 fully saturated rings. The van der Waals surface area contributed by atoms with Crippen molar-refractivity contribution in [2.75, 3.05) is 0 Å². The van der Waals surface area contributed by atoms with Gasteiger partial charge in [-0.3, -0.25) is 0 Å². The van der Waals surface area contributed by atoms with Crippen LogP contribution in [0.4, 0.5) is 13.2 Å². The van der Waals surface area contributed by atoms with E-state index >= 15 is 0 Å². The number of nitrogens with zero attached hydrogens (tertiary/aromatic N) is 1. The molecular weight excluding hydrogens is 361 g/mol. The first-order valence-corrected chi connectivity index (χ1v) is 8.42. The third-order valence-corrected chi connectivity index (χ3v) is 4.48. The molecule has 3 nitrogen and oxygen atoms in total. The first-order valence-electron chi connectivity index (χ1n) is 8.01. The van der Waals surface area contributed by atoms with Gasteiger partial charge < -0.3 is 15.4 Å². The standard InChI is InChI=1S/C19H17F3N2OS/c20-16-4-2-12(8-14(16)19(23)26)15-9-24(6-5-18(21)22)17-7-11(10-25)1-3-13(15)17/h1-4,7-9,18,25H,5-6,10H2,(H2,23,26). The lowest BCUT2D eigenvalue weighted by atomic mass is 10.0. The van der Waals surface area contributed by atoms with E-state index in [1.807, 2.05) is 6.07 Å². The SMILES string of the molecule is NC(=S)c1cc(-c2cn(CCC(F)F)c3cc(CO)ccc23)ccc1F. The minimum absolute atomic E-state index is 0.0478. The van der Waals surface area contributed by atoms with Crippen LogP contribution in [0.25, 0.3) is 22.0 Å². The molecule has 0 aliphatic rings. The maximum absolute atomic E-state index is 13.9. The van der Waals surface area contributed by atoms with Gasteiger partial charge in [0.25, 0.3) is 0 Å². The number of fused-ring (bicyclic) bond motifs is 1. The second-order valence-electron chi connectivity index (χ2n) is 5.98. The van der Waals surface area contributed by atoms with Gasteiger partial charge in [-0.25, -0.2) is 13.2 Å². The minimum atomic E-state index is -2.41. The van der Waals surface area contributed by atoms with Crippen LogP contribution in [0, 0.1) is 5.82 Å². The van der Waals surface area contributed by atoms with Crippen molar-refractivity contribution >= 4 is 28.1 Å². The molecule has 0 radical (unpaired) electrons. The second-order valence-corrected chi connectivity index (χ2v) is 6.42. The van der Waals surface area contributed by atoms with Gasteiger partial charge >= 0.3 is 0 Å². The van der Waals surface area contributed by atoms with E-state index in [1.165, 1.54) is 6.07 Å². The number of aliphatic hydroxyl groups is 1. The molecule has 0 saturated carbocycles. The summed E-state index contributed by atoms with van der Waals surface area (Å²) in [4.78, 5) is -0.0478. The number of benzene rings is 2. The quantitative estimate of drug-likeness (QED) is 0.631. The number of hydrogen-bond acceptors (Lipinski definition) is 2. The fourth-order valence-electron chi connectivity index (χ4n) is 2.97. The third kappa shape index (κ3) is 3.59. The third-order valence-electron chi connectivity index (χ3n) is 4.26. The van der Waals surface area contributed by atoms with Crippen molar-refractivity contribution in [2.24, 2.45) is 5.73 Å². The Morgan fingerprint density at radius 1 is 1.19 bits per heavy atom. The molecule has 0 unspecified atom stereocenters. The van der Waals surface area contributed by atoms with Gasteiger partial charge in [-0.2, -0.15) is 0 Å². The minimum Gasteiger partial charge on any atom is -0.392 e. The van der Waals surface area contributed by atoms with Gasteiger partial charge in [-0.05, 0) is 29.3 Å². The monoisotopic (exact) mass is 378 g/mol. The fourth-order valence-corrected chi connectivity index (χ4v) is 3.13. The molecule has 3 N–H and O–H groups in total. The predicted octanol–water partition coefficient (Wildman–Crippen LogP) is 4.23. The van der Waals surface area contributed by atoms with Gasteiger partial charge in [0, 0.05) is 41.2 Å². The lowest BCUT2D eigenvalue weighted by Crippen LogP contribution is -2.11. The van der Waals surface area contributed by atoms with Crippen LogP contribution in [0.1, 0.15) is 17.5 Å². The van der Waals surface area contributed by atoms with Gasteiger partial charge in [0.05, 0.1) is 6.61 Å². The smallest absolute Gasteiger partial charge is 0.240 e. The Bertz CT molecular complexity index is 969. The van der Waals surface area contributed by atoms with Crippen LogP contribution < -0.4 is 5.73 Å². The Kier molecular flexibility index (Phi) is 5.29. The Morgan fingerprint density at radius 2 is 1.96 bits per heavy atom. The van der Waals surface area contributed by atoms with Crippen molar-refractivity contribution < 1.29 is 18.3 Å². The molecule has 26 heavy (non-hydrogen) atoms. The molecule has 0 spiro atoms. The van der Waals surface area contributed by atoms with Crippen molar-refractivity contribution in [3.63, 3.8) is 0 Å². The number of aliphatic hydroxyl groups excluding tert-OH is 1. The summed E-state index contributed by atoms with van der Waals surface area (Å²) in [5, 5.41) is 10.2. The normalized spacial score (nSPS) is 11.4. The predicted molar refractivity (Wildman–Crippen MR) is 99.8 cm³/mol. The molecule has 7 heteroatoms. The van der Waals surface area contributed by atoms with Gasteiger partial charge in [0.1, 0.15) is 10.8 Å². The number of aryl methyl sites for hydroxylation is 1. The molecule has 0 amide bonds. The number of alkyl halides is 2. The van der Waals surface area contributed by atoms with Crippen LogP contribution in [-0.4, -0.2) is 21.1 Å². The first kappa shape index (κ1) is 18.4. The van der Waals surface area contributed by atoms with Crippen LogP contribution in [-0.2, 0) is 13.2 Å². The van der Waals surface area contributed by atoms with Gasteiger partial charge in [0.15, 0.2) is 0 Å². The molecule has 0 bridgehead atoms. The molecular formula is C19H17F3N2OS. The van der Waals surface area contributed by atoms with E-state index in [2.05, 4.69) is 0 Å². The van der Waals surface area contributed by atoms with E-state index in [1.54, 1.807) is 35.0 Å². The summed E-state index contributed by atoms with van der Waals surface area (Å²) in [6.45, 7) is -0.0140. The van der Waals surface area contributed by atoms with Crippen LogP contribution >= 0.6 is 12.2 Å². The Balaban J connectivity index is 2.17. The Morgan fingerprint density at radius 3 is 2.62 bits per heavy atom. The fraction of sp³-hybridized carbons (Fsp3) is 0.211. The van der Waals surface area contributed by atoms with Gasteiger partial charge in [-0.1, -0.05) is 30.4 Å². The largest absolute Gasteiger partial charge is 0.392 e. The van der Waals surface area contributed by atoms with E-state index in [9.17, 15) is 18.3 Å². The Labute approximate surface area is 153 Å². The highest BCUT2D eigenvalue weighted by atomic mass is 32.1. The van der Waals surface area contributed by atoms with E-state index in [0.717, 1.165) is 16.5 Å². The van der Waals surface area contributed by atoms with Crippen LogP contribution in [0.5, 0.6) is 0 Å². The maximum atomic E-state index is 13.9. The highest BCUT2D eigenvalue weighted by Gasteiger charge is 2.15. The topological polar surface area (TPSA) is 51.2 Å². The lowest BCUT2D eigenvalue weighted by Gasteiger charge is -2.05. The average molecular weight is 378 g/mol. The number of rotatable bonds is 6. The lowest BCUT2D eigenvalue weighted by molar-refractivity contribution is 0.132. The highest BCUT2D eigenvalue weighted by Crippen LogP contribution is 2.33. The number of nitrogens with two attached hydrogens (primary N) is 1. The summed E-state index contributed by atoms with van der Waals surface area (Å²) in [5.41, 5.74) is 8.57. The average Bonchev–Trinajstić information content (AvgIpc) is 2.98. The molecule has 3 aromatic rings. The number of aromatic nitrogens is 1. The van der Waals surface area contributed by atoms with E-state index in [4.69, 9.17) is 18.0 Å². The zero-order chi connectivity index (χ0) is 18.8. The van der Waals surface area contributed by atoms with Crippen molar-refractivity contribution in [1.82, 2.24) is 4.57 Å². The van der Waals surface area contributed by atoms with Crippen molar-refractivity contribution in [2.45, 2.75) is 26.0 Å². The molecule has 1 heterocycles. The molecule has 136 valence electrons. The second kappa shape index (κ2) is 7.47. The van der Waals surface area contributed by atoms with Crippen molar-refractivity contribution in [3.05, 3.63) is 59.5 Å². The molecule has 2 aromatic carbocycles. The van der Waals surface area contributed by atoms with Crippen LogP contribution in [0.15, 0.2) is 42.6 Å². The van der Waals surface area contributed by atoms with Gasteiger partial charge in [-0.15, -0.1) is 0 Å². The summed E-state index contributed by atoms with van der Waals surface area (Å²) < 4.78 is 40.9. The first-order chi connectivity index (χ1) is 12.4. The summed E-state index contributed by atoms with van der Waals surface area (Å²) in [6.07, 6.45) is -0.942. The summed E-state index contributed by atoms with van der Waals surface area (Å²) in [6, 6.07) is 9.80. The van der Waals surface area contributed by atoms with Crippen molar-refractivity contribution in [3.8, 4) is 11.1 Å². The molecule has 3 rings (SSSR count). The zero-order valence-corrected chi connectivity index (χ0v) is 14.6. The number of halogens is 3. The molecule has 0 saturated heterocycles. The molecule has 1 aromatic heterocycles. The highest BCUT2D eigenvalue weighted by molar-refractivity contribution is 7.80. The molecule has 0 aliphatic carbocycles. The van der Waals surface area contributed by atoms with E-state index < -0.39 is 12.2 Å². The van der Waals surface area contributed by atoms with Crippen molar-refractivity contribution in [1.29, 1.82) is 0 Å². The molecule has 0 aliphatic heterocycles. The summed E-state index contributed by atoms with van der Waals surface area (Å²) >= 11 is 4.88. The van der Waals surface area contributed by atoms with E-state index in [0.29, 0.717) is 11.1 Å². The zero-order valence-electron chi connectivity index (χ0n) is 13.8. The Hall–Kier alpha value is -2.38. The van der Waals surface area contributed by atoms with Crippen LogP contribution in [0.3, 0.4) is 0 Å². The maximum Gasteiger partial charge on any atom is 0.240 e. The molecule has 0 atom stereocenters. The summed E-state index contributed by atoms with van der Waals surface area (Å²) in [7, 11) is 0. The summed E-state index contributed by atoms with van der Waals surface area (Å²) in [5.74, 6) is -0.509. The van der Waals surface area contributed by atoms with Crippen LogP contribution in [0.2, 0.25) is 0 Å². The number of thiocarbonyl (C=S) groups is 1.